The molecule has 0 saturated heterocycles. The fourth-order valence-electron chi connectivity index (χ4n) is 2.05. The molecule has 0 saturated carbocycles. The Labute approximate surface area is 104 Å². The van der Waals surface area contributed by atoms with Gasteiger partial charge in [-0.1, -0.05) is 6.92 Å². The van der Waals surface area contributed by atoms with Crippen LogP contribution in [-0.4, -0.2) is 68.7 Å². The summed E-state index contributed by atoms with van der Waals surface area (Å²) in [6.45, 7) is 6.12. The normalized spacial score (nSPS) is 15.1. The highest BCUT2D eigenvalue weighted by Gasteiger charge is 2.28. The van der Waals surface area contributed by atoms with Crippen LogP contribution in [0.4, 0.5) is 0 Å². The van der Waals surface area contributed by atoms with Crippen molar-refractivity contribution < 1.29 is 9.53 Å². The summed E-state index contributed by atoms with van der Waals surface area (Å²) in [7, 11) is 5.61. The van der Waals surface area contributed by atoms with Gasteiger partial charge in [0.05, 0.1) is 6.61 Å². The van der Waals surface area contributed by atoms with E-state index in [2.05, 4.69) is 22.1 Å². The van der Waals surface area contributed by atoms with Gasteiger partial charge in [-0.25, -0.2) is 5.84 Å². The summed E-state index contributed by atoms with van der Waals surface area (Å²) in [5, 5.41) is 0. The molecular formula is C11H26N4O2. The Hall–Kier alpha value is -0.690. The lowest BCUT2D eigenvalue weighted by Crippen LogP contribution is -2.55. The van der Waals surface area contributed by atoms with Gasteiger partial charge >= 0.3 is 0 Å². The predicted molar refractivity (Wildman–Crippen MR) is 68.4 cm³/mol. The Morgan fingerprint density at radius 2 is 2.06 bits per heavy atom. The summed E-state index contributed by atoms with van der Waals surface area (Å²) in [6, 6.07) is -0.0857. The number of nitrogens with two attached hydrogens (primary N) is 1. The van der Waals surface area contributed by atoms with Gasteiger partial charge in [-0.2, -0.15) is 0 Å². The summed E-state index contributed by atoms with van der Waals surface area (Å²) in [6.07, 6.45) is 0. The van der Waals surface area contributed by atoms with Gasteiger partial charge in [0.25, 0.3) is 5.91 Å². The Balaban J connectivity index is 4.70. The van der Waals surface area contributed by atoms with E-state index in [-0.39, 0.29) is 18.0 Å². The zero-order chi connectivity index (χ0) is 13.4. The molecule has 0 bridgehead atoms. The maximum atomic E-state index is 11.7. The fourth-order valence-corrected chi connectivity index (χ4v) is 2.05. The van der Waals surface area contributed by atoms with E-state index < -0.39 is 0 Å². The van der Waals surface area contributed by atoms with Crippen molar-refractivity contribution >= 4 is 5.91 Å². The quantitative estimate of drug-likeness (QED) is 0.335. The van der Waals surface area contributed by atoms with Crippen LogP contribution in [0.15, 0.2) is 0 Å². The molecule has 0 aromatic rings. The van der Waals surface area contributed by atoms with Gasteiger partial charge in [-0.05, 0) is 27.6 Å². The van der Waals surface area contributed by atoms with E-state index in [1.165, 1.54) is 0 Å². The molecule has 0 aromatic heterocycles. The molecule has 0 aliphatic rings. The van der Waals surface area contributed by atoms with Crippen molar-refractivity contribution in [2.45, 2.75) is 25.9 Å². The second-order valence-electron chi connectivity index (χ2n) is 4.42. The van der Waals surface area contributed by atoms with Gasteiger partial charge in [0, 0.05) is 19.7 Å². The van der Waals surface area contributed by atoms with Gasteiger partial charge in [0.15, 0.2) is 0 Å². The number of amides is 1. The number of hydrazine groups is 1. The number of hydrogen-bond acceptors (Lipinski definition) is 5. The molecule has 3 N–H and O–H groups in total. The summed E-state index contributed by atoms with van der Waals surface area (Å²) in [5.74, 6) is 5.00. The molecule has 0 aliphatic carbocycles. The topological polar surface area (TPSA) is 70.8 Å². The smallest absolute Gasteiger partial charge is 0.253 e. The molecule has 6 heteroatoms. The number of rotatable bonds is 8. The third kappa shape index (κ3) is 5.45. The number of nitrogens with zero attached hydrogens (tertiary/aromatic N) is 2. The van der Waals surface area contributed by atoms with Crippen LogP contribution in [-0.2, 0) is 9.53 Å². The first-order chi connectivity index (χ1) is 7.97. The van der Waals surface area contributed by atoms with Crippen molar-refractivity contribution in [3.63, 3.8) is 0 Å². The van der Waals surface area contributed by atoms with Gasteiger partial charge < -0.3 is 9.64 Å². The largest absolute Gasteiger partial charge is 0.383 e. The molecule has 17 heavy (non-hydrogen) atoms. The lowest BCUT2D eigenvalue weighted by Gasteiger charge is -2.35. The van der Waals surface area contributed by atoms with Crippen molar-refractivity contribution in [1.29, 1.82) is 0 Å². The van der Waals surface area contributed by atoms with Crippen LogP contribution in [0.25, 0.3) is 0 Å². The molecule has 0 fully saturated rings. The molecular weight excluding hydrogens is 220 g/mol. The number of carbonyl (C=O) groups is 1. The molecule has 0 aliphatic heterocycles. The SMILES string of the molecule is CCN(C(C)CN(C)C)C(COC)C(=O)NN. The average molecular weight is 246 g/mol. The van der Waals surface area contributed by atoms with Crippen molar-refractivity contribution in [2.24, 2.45) is 5.84 Å². The standard InChI is InChI=1S/C11H26N4O2/c1-6-15(9(2)7-14(3)4)10(8-17-5)11(16)13-12/h9-10H,6-8,12H2,1-5H3,(H,13,16). The second-order valence-corrected chi connectivity index (χ2v) is 4.42. The molecule has 2 atom stereocenters. The van der Waals surface area contributed by atoms with Crippen LogP contribution in [0, 0.1) is 0 Å². The van der Waals surface area contributed by atoms with Gasteiger partial charge in [-0.15, -0.1) is 0 Å². The summed E-state index contributed by atoms with van der Waals surface area (Å²) in [5.41, 5.74) is 2.20. The van der Waals surface area contributed by atoms with Crippen molar-refractivity contribution in [3.8, 4) is 0 Å². The third-order valence-corrected chi connectivity index (χ3v) is 2.73. The van der Waals surface area contributed by atoms with Gasteiger partial charge in [0.2, 0.25) is 0 Å². The Morgan fingerprint density at radius 3 is 2.41 bits per heavy atom. The van der Waals surface area contributed by atoms with E-state index in [4.69, 9.17) is 10.6 Å². The van der Waals surface area contributed by atoms with Crippen molar-refractivity contribution in [1.82, 2.24) is 15.2 Å². The average Bonchev–Trinajstić information content (AvgIpc) is 2.27. The molecule has 0 rings (SSSR count). The number of likely N-dealkylation sites (N-methyl/N-ethyl adjacent to an activating group) is 2. The van der Waals surface area contributed by atoms with Crippen LogP contribution in [0.1, 0.15) is 13.8 Å². The van der Waals surface area contributed by atoms with Gasteiger partial charge in [-0.3, -0.25) is 15.1 Å². The number of nitrogens with one attached hydrogen (secondary N) is 1. The van der Waals surface area contributed by atoms with E-state index in [0.717, 1.165) is 13.1 Å². The summed E-state index contributed by atoms with van der Waals surface area (Å²) in [4.78, 5) is 15.9. The fraction of sp³-hybridized carbons (Fsp3) is 0.909. The molecule has 0 heterocycles. The lowest BCUT2D eigenvalue weighted by molar-refractivity contribution is -0.129. The highest BCUT2D eigenvalue weighted by Crippen LogP contribution is 2.07. The molecule has 1 amide bonds. The second kappa shape index (κ2) is 8.41. The Bertz CT molecular complexity index is 224. The van der Waals surface area contributed by atoms with Crippen LogP contribution in [0.3, 0.4) is 0 Å². The zero-order valence-electron chi connectivity index (χ0n) is 11.6. The van der Waals surface area contributed by atoms with E-state index in [1.54, 1.807) is 7.11 Å². The van der Waals surface area contributed by atoms with Crippen LogP contribution >= 0.6 is 0 Å². The predicted octanol–water partition coefficient (Wildman–Crippen LogP) is -0.737. The molecule has 2 unspecified atom stereocenters. The zero-order valence-corrected chi connectivity index (χ0v) is 11.6. The van der Waals surface area contributed by atoms with E-state index in [0.29, 0.717) is 6.61 Å². The van der Waals surface area contributed by atoms with Crippen LogP contribution in [0.5, 0.6) is 0 Å². The lowest BCUT2D eigenvalue weighted by atomic mass is 10.1. The molecule has 0 spiro atoms. The monoisotopic (exact) mass is 246 g/mol. The van der Waals surface area contributed by atoms with E-state index >= 15 is 0 Å². The van der Waals surface area contributed by atoms with Crippen LogP contribution < -0.4 is 11.3 Å². The maximum absolute atomic E-state index is 11.7. The highest BCUT2D eigenvalue weighted by molar-refractivity contribution is 5.81. The van der Waals surface area contributed by atoms with Gasteiger partial charge in [0.1, 0.15) is 6.04 Å². The first kappa shape index (κ1) is 16.3. The Kier molecular flexibility index (Phi) is 8.07. The Morgan fingerprint density at radius 1 is 1.47 bits per heavy atom. The van der Waals surface area contributed by atoms with E-state index in [9.17, 15) is 4.79 Å². The van der Waals surface area contributed by atoms with Crippen molar-refractivity contribution in [3.05, 3.63) is 0 Å². The minimum atomic E-state index is -0.343. The number of ether oxygens (including phenoxy) is 1. The first-order valence-electron chi connectivity index (χ1n) is 5.87. The molecule has 102 valence electrons. The van der Waals surface area contributed by atoms with Crippen LogP contribution in [0.2, 0.25) is 0 Å². The number of methoxy groups -OCH3 is 1. The number of carbonyl (C=O) groups excluding carboxylic acids is 1. The van der Waals surface area contributed by atoms with E-state index in [1.807, 2.05) is 21.0 Å². The molecule has 0 aromatic carbocycles. The minimum Gasteiger partial charge on any atom is -0.383 e. The third-order valence-electron chi connectivity index (χ3n) is 2.73. The molecule has 0 radical (unpaired) electrons. The minimum absolute atomic E-state index is 0.209. The maximum Gasteiger partial charge on any atom is 0.253 e. The summed E-state index contributed by atoms with van der Waals surface area (Å²) < 4.78 is 5.09. The molecule has 6 nitrogen and oxygen atoms in total. The summed E-state index contributed by atoms with van der Waals surface area (Å²) >= 11 is 0. The highest BCUT2D eigenvalue weighted by atomic mass is 16.5. The first-order valence-corrected chi connectivity index (χ1v) is 5.87. The number of hydrogen-bond donors (Lipinski definition) is 2. The van der Waals surface area contributed by atoms with Crippen molar-refractivity contribution in [2.75, 3.05) is 40.9 Å².